The van der Waals surface area contributed by atoms with Crippen LogP contribution in [0.5, 0.6) is 0 Å². The van der Waals surface area contributed by atoms with E-state index < -0.39 is 5.91 Å². The quantitative estimate of drug-likeness (QED) is 0.817. The van der Waals surface area contributed by atoms with Crippen molar-refractivity contribution >= 4 is 29.2 Å². The van der Waals surface area contributed by atoms with E-state index in [-0.39, 0.29) is 6.04 Å². The number of nitrogens with two attached hydrogens (primary N) is 2. The van der Waals surface area contributed by atoms with Crippen LogP contribution >= 0.6 is 11.8 Å². The Labute approximate surface area is 106 Å². The summed E-state index contributed by atoms with van der Waals surface area (Å²) < 4.78 is 0. The molecule has 1 heterocycles. The minimum absolute atomic E-state index is 0.263. The van der Waals surface area contributed by atoms with Crippen molar-refractivity contribution in [1.29, 1.82) is 0 Å². The standard InChI is InChI=1S/C11H18N4OS/c1-7(6-17-3)15(2)11-9(10(13)16)4-8(12)5-14-11/h4-5,7H,6,12H2,1-3H3,(H2,13,16). The van der Waals surface area contributed by atoms with Gasteiger partial charge in [-0.1, -0.05) is 0 Å². The van der Waals surface area contributed by atoms with Crippen molar-refractivity contribution in [2.45, 2.75) is 13.0 Å². The molecule has 0 saturated heterocycles. The lowest BCUT2D eigenvalue weighted by atomic mass is 10.2. The molecule has 6 heteroatoms. The molecule has 0 spiro atoms. The highest BCUT2D eigenvalue weighted by molar-refractivity contribution is 7.98. The van der Waals surface area contributed by atoms with Crippen LogP contribution in [0.1, 0.15) is 17.3 Å². The molecule has 0 aliphatic heterocycles. The lowest BCUT2D eigenvalue weighted by Crippen LogP contribution is -2.33. The minimum Gasteiger partial charge on any atom is -0.397 e. The molecule has 0 aliphatic rings. The lowest BCUT2D eigenvalue weighted by Gasteiger charge is -2.26. The smallest absolute Gasteiger partial charge is 0.252 e. The highest BCUT2D eigenvalue weighted by Gasteiger charge is 2.17. The van der Waals surface area contributed by atoms with Gasteiger partial charge in [-0.25, -0.2) is 4.98 Å². The summed E-state index contributed by atoms with van der Waals surface area (Å²) in [5.41, 5.74) is 11.7. The summed E-state index contributed by atoms with van der Waals surface area (Å²) in [6, 6.07) is 1.83. The van der Waals surface area contributed by atoms with E-state index in [0.717, 1.165) is 5.75 Å². The van der Waals surface area contributed by atoms with Crippen LogP contribution in [0, 0.1) is 0 Å². The fourth-order valence-electron chi connectivity index (χ4n) is 1.50. The Bertz CT molecular complexity index is 410. The number of primary amides is 1. The van der Waals surface area contributed by atoms with Gasteiger partial charge in [0.1, 0.15) is 5.82 Å². The largest absolute Gasteiger partial charge is 0.397 e. The second-order valence-electron chi connectivity index (χ2n) is 3.92. The molecule has 0 fully saturated rings. The monoisotopic (exact) mass is 254 g/mol. The lowest BCUT2D eigenvalue weighted by molar-refractivity contribution is 0.100. The predicted molar refractivity (Wildman–Crippen MR) is 73.4 cm³/mol. The molecular weight excluding hydrogens is 236 g/mol. The van der Waals surface area contributed by atoms with Gasteiger partial charge in [0, 0.05) is 18.8 Å². The molecule has 1 atom stereocenters. The number of hydrogen-bond donors (Lipinski definition) is 2. The molecule has 1 amide bonds. The van der Waals surface area contributed by atoms with Crippen LogP contribution in [0.2, 0.25) is 0 Å². The van der Waals surface area contributed by atoms with Crippen LogP contribution in [0.25, 0.3) is 0 Å². The van der Waals surface area contributed by atoms with E-state index >= 15 is 0 Å². The number of carbonyl (C=O) groups excluding carboxylic acids is 1. The summed E-state index contributed by atoms with van der Waals surface area (Å²) >= 11 is 1.74. The van der Waals surface area contributed by atoms with Gasteiger partial charge in [0.15, 0.2) is 0 Å². The Morgan fingerprint density at radius 2 is 2.29 bits per heavy atom. The number of rotatable bonds is 5. The number of amides is 1. The first kappa shape index (κ1) is 13.6. The van der Waals surface area contributed by atoms with Crippen molar-refractivity contribution in [2.24, 2.45) is 5.73 Å². The Kier molecular flexibility index (Phi) is 4.62. The van der Waals surface area contributed by atoms with E-state index in [1.54, 1.807) is 17.8 Å². The molecule has 94 valence electrons. The zero-order chi connectivity index (χ0) is 13.0. The van der Waals surface area contributed by atoms with Crippen molar-refractivity contribution in [2.75, 3.05) is 29.7 Å². The molecule has 4 N–H and O–H groups in total. The number of pyridine rings is 1. The fourth-order valence-corrected chi connectivity index (χ4v) is 2.20. The van der Waals surface area contributed by atoms with E-state index in [9.17, 15) is 4.79 Å². The van der Waals surface area contributed by atoms with E-state index in [0.29, 0.717) is 17.1 Å². The van der Waals surface area contributed by atoms with E-state index in [2.05, 4.69) is 11.9 Å². The number of aromatic nitrogens is 1. The number of anilines is 2. The number of thioether (sulfide) groups is 1. The summed E-state index contributed by atoms with van der Waals surface area (Å²) in [6.45, 7) is 2.07. The average molecular weight is 254 g/mol. The minimum atomic E-state index is -0.511. The zero-order valence-corrected chi connectivity index (χ0v) is 11.1. The van der Waals surface area contributed by atoms with Crippen molar-refractivity contribution in [1.82, 2.24) is 4.98 Å². The van der Waals surface area contributed by atoms with Gasteiger partial charge in [0.05, 0.1) is 17.4 Å². The molecule has 0 saturated carbocycles. The maximum absolute atomic E-state index is 11.4. The van der Waals surface area contributed by atoms with Gasteiger partial charge in [-0.15, -0.1) is 0 Å². The number of nitrogen functional groups attached to an aromatic ring is 1. The third-order valence-corrected chi connectivity index (χ3v) is 3.37. The molecule has 0 aromatic carbocycles. The summed E-state index contributed by atoms with van der Waals surface area (Å²) in [5, 5.41) is 0. The predicted octanol–water partition coefficient (Wildman–Crippen LogP) is 0.950. The van der Waals surface area contributed by atoms with Crippen molar-refractivity contribution in [3.8, 4) is 0 Å². The van der Waals surface area contributed by atoms with Crippen molar-refractivity contribution in [3.05, 3.63) is 17.8 Å². The highest BCUT2D eigenvalue weighted by Crippen LogP contribution is 2.21. The maximum Gasteiger partial charge on any atom is 0.252 e. The van der Waals surface area contributed by atoms with Gasteiger partial charge in [0.2, 0.25) is 0 Å². The molecule has 0 bridgehead atoms. The third-order valence-electron chi connectivity index (χ3n) is 2.56. The summed E-state index contributed by atoms with van der Waals surface area (Å²) in [4.78, 5) is 17.5. The Morgan fingerprint density at radius 1 is 1.65 bits per heavy atom. The molecule has 0 aliphatic carbocycles. The fraction of sp³-hybridized carbons (Fsp3) is 0.455. The number of nitrogens with zero attached hydrogens (tertiary/aromatic N) is 2. The topological polar surface area (TPSA) is 85.2 Å². The van der Waals surface area contributed by atoms with Gasteiger partial charge in [-0.3, -0.25) is 4.79 Å². The number of hydrogen-bond acceptors (Lipinski definition) is 5. The van der Waals surface area contributed by atoms with Crippen LogP contribution in [-0.4, -0.2) is 36.0 Å². The molecule has 1 rings (SSSR count). The van der Waals surface area contributed by atoms with Crippen LogP contribution in [0.15, 0.2) is 12.3 Å². The summed E-state index contributed by atoms with van der Waals surface area (Å²) in [6.07, 6.45) is 3.57. The SMILES string of the molecule is CSCC(C)N(C)c1ncc(N)cc1C(N)=O. The van der Waals surface area contributed by atoms with E-state index in [1.807, 2.05) is 18.2 Å². The summed E-state index contributed by atoms with van der Waals surface area (Å²) in [7, 11) is 1.89. The molecule has 1 aromatic heterocycles. The average Bonchev–Trinajstić information content (AvgIpc) is 2.28. The normalized spacial score (nSPS) is 12.2. The van der Waals surface area contributed by atoms with E-state index in [4.69, 9.17) is 11.5 Å². The Balaban J connectivity index is 3.08. The first-order chi connectivity index (χ1) is 7.97. The highest BCUT2D eigenvalue weighted by atomic mass is 32.2. The Morgan fingerprint density at radius 3 is 2.82 bits per heavy atom. The van der Waals surface area contributed by atoms with Gasteiger partial charge >= 0.3 is 0 Å². The Hall–Kier alpha value is -1.43. The maximum atomic E-state index is 11.4. The molecule has 5 nitrogen and oxygen atoms in total. The molecule has 17 heavy (non-hydrogen) atoms. The first-order valence-electron chi connectivity index (χ1n) is 5.24. The van der Waals surface area contributed by atoms with Gasteiger partial charge in [-0.2, -0.15) is 11.8 Å². The first-order valence-corrected chi connectivity index (χ1v) is 6.63. The van der Waals surface area contributed by atoms with Gasteiger partial charge in [0.25, 0.3) is 5.91 Å². The zero-order valence-electron chi connectivity index (χ0n) is 10.3. The van der Waals surface area contributed by atoms with Gasteiger partial charge in [-0.05, 0) is 19.2 Å². The van der Waals surface area contributed by atoms with Crippen LogP contribution in [-0.2, 0) is 0 Å². The number of carbonyl (C=O) groups is 1. The second kappa shape index (κ2) is 5.77. The molecular formula is C11H18N4OS. The van der Waals surface area contributed by atoms with E-state index in [1.165, 1.54) is 6.20 Å². The molecule has 1 aromatic rings. The second-order valence-corrected chi connectivity index (χ2v) is 4.83. The van der Waals surface area contributed by atoms with Crippen molar-refractivity contribution < 1.29 is 4.79 Å². The third kappa shape index (κ3) is 3.26. The molecule has 0 radical (unpaired) electrons. The van der Waals surface area contributed by atoms with Crippen LogP contribution < -0.4 is 16.4 Å². The van der Waals surface area contributed by atoms with Crippen molar-refractivity contribution in [3.63, 3.8) is 0 Å². The molecule has 1 unspecified atom stereocenters. The summed E-state index contributed by atoms with van der Waals surface area (Å²) in [5.74, 6) is 1.01. The van der Waals surface area contributed by atoms with Crippen LogP contribution in [0.3, 0.4) is 0 Å². The van der Waals surface area contributed by atoms with Crippen LogP contribution in [0.4, 0.5) is 11.5 Å². The van der Waals surface area contributed by atoms with Gasteiger partial charge < -0.3 is 16.4 Å².